The van der Waals surface area contributed by atoms with E-state index >= 15 is 0 Å². The summed E-state index contributed by atoms with van der Waals surface area (Å²) in [6.45, 7) is 4.17. The molecular formula is C15H17ClN2. The van der Waals surface area contributed by atoms with Crippen molar-refractivity contribution >= 4 is 11.6 Å². The lowest BCUT2D eigenvalue weighted by Crippen LogP contribution is -2.18. The van der Waals surface area contributed by atoms with Gasteiger partial charge in [0.2, 0.25) is 0 Å². The third-order valence-corrected chi connectivity index (χ3v) is 3.60. The molecular weight excluding hydrogens is 244 g/mol. The molecule has 0 spiro atoms. The van der Waals surface area contributed by atoms with Crippen LogP contribution in [0, 0.1) is 6.92 Å². The highest BCUT2D eigenvalue weighted by molar-refractivity contribution is 6.30. The van der Waals surface area contributed by atoms with Gasteiger partial charge >= 0.3 is 0 Å². The van der Waals surface area contributed by atoms with E-state index in [1.165, 1.54) is 5.56 Å². The molecule has 1 aromatic carbocycles. The van der Waals surface area contributed by atoms with Gasteiger partial charge in [-0.3, -0.25) is 4.98 Å². The Labute approximate surface area is 113 Å². The smallest absolute Gasteiger partial charge is 0.0408 e. The zero-order valence-electron chi connectivity index (χ0n) is 10.6. The molecule has 1 aromatic heterocycles. The van der Waals surface area contributed by atoms with Crippen molar-refractivity contribution < 1.29 is 0 Å². The van der Waals surface area contributed by atoms with Gasteiger partial charge in [0.1, 0.15) is 0 Å². The van der Waals surface area contributed by atoms with E-state index in [2.05, 4.69) is 11.9 Å². The summed E-state index contributed by atoms with van der Waals surface area (Å²) < 4.78 is 0. The Hall–Kier alpha value is -1.38. The number of rotatable bonds is 3. The molecule has 0 aliphatic heterocycles. The lowest BCUT2D eigenvalue weighted by Gasteiger charge is -2.22. The zero-order chi connectivity index (χ0) is 13.1. The SMILES string of the molecule is Cc1cc(Cl)ccc1C(N)C(C)c1ccncc1. The molecule has 0 fully saturated rings. The highest BCUT2D eigenvalue weighted by Crippen LogP contribution is 2.30. The molecule has 2 N–H and O–H groups in total. The van der Waals surface area contributed by atoms with E-state index in [1.807, 2.05) is 37.3 Å². The molecule has 2 atom stereocenters. The average molecular weight is 261 g/mol. The molecule has 0 aliphatic rings. The second-order valence-corrected chi connectivity index (χ2v) is 5.03. The molecule has 18 heavy (non-hydrogen) atoms. The highest BCUT2D eigenvalue weighted by atomic mass is 35.5. The van der Waals surface area contributed by atoms with E-state index in [9.17, 15) is 0 Å². The molecule has 94 valence electrons. The molecule has 0 saturated carbocycles. The van der Waals surface area contributed by atoms with Crippen LogP contribution in [0.15, 0.2) is 42.7 Å². The van der Waals surface area contributed by atoms with Gasteiger partial charge in [-0.2, -0.15) is 0 Å². The van der Waals surface area contributed by atoms with Crippen LogP contribution in [0.5, 0.6) is 0 Å². The van der Waals surface area contributed by atoms with Gasteiger partial charge in [0.25, 0.3) is 0 Å². The largest absolute Gasteiger partial charge is 0.323 e. The Kier molecular flexibility index (Phi) is 4.00. The summed E-state index contributed by atoms with van der Waals surface area (Å²) in [4.78, 5) is 4.03. The van der Waals surface area contributed by atoms with Crippen molar-refractivity contribution in [1.82, 2.24) is 4.98 Å². The van der Waals surface area contributed by atoms with E-state index in [4.69, 9.17) is 17.3 Å². The van der Waals surface area contributed by atoms with Gasteiger partial charge in [0.15, 0.2) is 0 Å². The minimum absolute atomic E-state index is 0.0373. The van der Waals surface area contributed by atoms with Crippen LogP contribution in [0.2, 0.25) is 5.02 Å². The monoisotopic (exact) mass is 260 g/mol. The average Bonchev–Trinajstić information content (AvgIpc) is 2.38. The standard InChI is InChI=1S/C15H17ClN2/c1-10-9-13(16)3-4-14(10)15(17)11(2)12-5-7-18-8-6-12/h3-9,11,15H,17H2,1-2H3. The number of halogens is 1. The van der Waals surface area contributed by atoms with E-state index < -0.39 is 0 Å². The van der Waals surface area contributed by atoms with Gasteiger partial charge in [0, 0.05) is 29.4 Å². The Bertz CT molecular complexity index is 525. The van der Waals surface area contributed by atoms with Crippen molar-refractivity contribution in [3.63, 3.8) is 0 Å². The Morgan fingerprint density at radius 2 is 1.83 bits per heavy atom. The summed E-state index contributed by atoms with van der Waals surface area (Å²) in [6, 6.07) is 9.84. The Morgan fingerprint density at radius 3 is 2.44 bits per heavy atom. The predicted molar refractivity (Wildman–Crippen MR) is 75.8 cm³/mol. The second kappa shape index (κ2) is 5.51. The second-order valence-electron chi connectivity index (χ2n) is 4.60. The zero-order valence-corrected chi connectivity index (χ0v) is 11.4. The summed E-state index contributed by atoms with van der Waals surface area (Å²) in [5.41, 5.74) is 9.84. The van der Waals surface area contributed by atoms with Gasteiger partial charge in [-0.1, -0.05) is 24.6 Å². The van der Waals surface area contributed by atoms with Crippen molar-refractivity contribution in [2.75, 3.05) is 0 Å². The molecule has 2 rings (SSSR count). The summed E-state index contributed by atoms with van der Waals surface area (Å²) in [6.07, 6.45) is 3.60. The summed E-state index contributed by atoms with van der Waals surface area (Å²) >= 11 is 5.97. The highest BCUT2D eigenvalue weighted by Gasteiger charge is 2.18. The van der Waals surface area contributed by atoms with Crippen molar-refractivity contribution in [2.24, 2.45) is 5.73 Å². The van der Waals surface area contributed by atoms with Crippen molar-refractivity contribution in [2.45, 2.75) is 25.8 Å². The normalized spacial score (nSPS) is 14.2. The first-order valence-corrected chi connectivity index (χ1v) is 6.39. The van der Waals surface area contributed by atoms with E-state index in [-0.39, 0.29) is 12.0 Å². The Morgan fingerprint density at radius 1 is 1.17 bits per heavy atom. The van der Waals surface area contributed by atoms with Crippen molar-refractivity contribution in [1.29, 1.82) is 0 Å². The number of aromatic nitrogens is 1. The fourth-order valence-corrected chi connectivity index (χ4v) is 2.38. The number of benzene rings is 1. The number of nitrogens with two attached hydrogens (primary N) is 1. The molecule has 0 amide bonds. The third-order valence-electron chi connectivity index (χ3n) is 3.36. The van der Waals surface area contributed by atoms with Crippen LogP contribution in [0.25, 0.3) is 0 Å². The van der Waals surface area contributed by atoms with Gasteiger partial charge < -0.3 is 5.73 Å². The maximum Gasteiger partial charge on any atom is 0.0408 e. The van der Waals surface area contributed by atoms with Gasteiger partial charge in [-0.25, -0.2) is 0 Å². The van der Waals surface area contributed by atoms with Crippen LogP contribution in [0.3, 0.4) is 0 Å². The summed E-state index contributed by atoms with van der Waals surface area (Å²) in [7, 11) is 0. The maximum absolute atomic E-state index is 6.36. The number of aryl methyl sites for hydroxylation is 1. The third kappa shape index (κ3) is 2.71. The molecule has 1 heterocycles. The molecule has 0 bridgehead atoms. The molecule has 2 unspecified atom stereocenters. The maximum atomic E-state index is 6.36. The van der Waals surface area contributed by atoms with Crippen LogP contribution in [0.1, 0.15) is 35.6 Å². The number of nitrogens with zero attached hydrogens (tertiary/aromatic N) is 1. The van der Waals surface area contributed by atoms with Crippen LogP contribution in [-0.4, -0.2) is 4.98 Å². The molecule has 3 heteroatoms. The van der Waals surface area contributed by atoms with Gasteiger partial charge in [-0.15, -0.1) is 0 Å². The first-order chi connectivity index (χ1) is 8.59. The predicted octanol–water partition coefficient (Wildman–Crippen LogP) is 3.85. The van der Waals surface area contributed by atoms with Crippen LogP contribution < -0.4 is 5.73 Å². The Balaban J connectivity index is 2.28. The lowest BCUT2D eigenvalue weighted by atomic mass is 9.88. The van der Waals surface area contributed by atoms with Gasteiger partial charge in [-0.05, 0) is 47.9 Å². The number of hydrogen-bond donors (Lipinski definition) is 1. The van der Waals surface area contributed by atoms with Crippen LogP contribution >= 0.6 is 11.6 Å². The molecule has 0 radical (unpaired) electrons. The molecule has 0 aliphatic carbocycles. The fourth-order valence-electron chi connectivity index (χ4n) is 2.16. The fraction of sp³-hybridized carbons (Fsp3) is 0.267. The van der Waals surface area contributed by atoms with E-state index in [1.54, 1.807) is 12.4 Å². The molecule has 2 nitrogen and oxygen atoms in total. The quantitative estimate of drug-likeness (QED) is 0.911. The topological polar surface area (TPSA) is 38.9 Å². The number of hydrogen-bond acceptors (Lipinski definition) is 2. The lowest BCUT2D eigenvalue weighted by molar-refractivity contribution is 0.594. The van der Waals surface area contributed by atoms with E-state index in [0.29, 0.717) is 0 Å². The number of pyridine rings is 1. The molecule has 0 saturated heterocycles. The molecule has 2 aromatic rings. The van der Waals surface area contributed by atoms with Crippen LogP contribution in [-0.2, 0) is 0 Å². The van der Waals surface area contributed by atoms with E-state index in [0.717, 1.165) is 16.1 Å². The van der Waals surface area contributed by atoms with Gasteiger partial charge in [0.05, 0.1) is 0 Å². The first kappa shape index (κ1) is 13.1. The minimum atomic E-state index is -0.0373. The van der Waals surface area contributed by atoms with Crippen LogP contribution in [0.4, 0.5) is 0 Å². The van der Waals surface area contributed by atoms with Crippen molar-refractivity contribution in [3.05, 3.63) is 64.4 Å². The van der Waals surface area contributed by atoms with Crippen molar-refractivity contribution in [3.8, 4) is 0 Å². The first-order valence-electron chi connectivity index (χ1n) is 6.01. The minimum Gasteiger partial charge on any atom is -0.323 e. The summed E-state index contributed by atoms with van der Waals surface area (Å²) in [5.74, 6) is 0.243. The summed E-state index contributed by atoms with van der Waals surface area (Å²) in [5, 5.41) is 0.750.